The molecule has 0 aliphatic heterocycles. The van der Waals surface area contributed by atoms with E-state index in [0.717, 1.165) is 38.5 Å². The molecule has 4 heteroatoms. The molecule has 0 saturated heterocycles. The third-order valence-electron chi connectivity index (χ3n) is 3.95. The van der Waals surface area contributed by atoms with Gasteiger partial charge in [-0.1, -0.05) is 67.2 Å². The predicted octanol–water partition coefficient (Wildman–Crippen LogP) is 4.90. The van der Waals surface area contributed by atoms with Crippen LogP contribution in [-0.4, -0.2) is 25.2 Å². The molecule has 0 radical (unpaired) electrons. The molecule has 0 N–H and O–H groups in total. The van der Waals surface area contributed by atoms with E-state index in [4.69, 9.17) is 9.47 Å². The van der Waals surface area contributed by atoms with Gasteiger partial charge >= 0.3 is 11.9 Å². The number of carbonyl (C=O) groups is 2. The van der Waals surface area contributed by atoms with Crippen LogP contribution >= 0.6 is 0 Å². The van der Waals surface area contributed by atoms with E-state index >= 15 is 0 Å². The topological polar surface area (TPSA) is 52.6 Å². The van der Waals surface area contributed by atoms with Crippen molar-refractivity contribution in [1.29, 1.82) is 0 Å². The SMILES string of the molecule is CCCCC(C)(C)COC(=O)CC(=O)OCC(C)(C)CCCC. The van der Waals surface area contributed by atoms with Crippen LogP contribution in [0.3, 0.4) is 0 Å². The van der Waals surface area contributed by atoms with E-state index in [-0.39, 0.29) is 17.3 Å². The summed E-state index contributed by atoms with van der Waals surface area (Å²) in [5.41, 5.74) is -0.0879. The van der Waals surface area contributed by atoms with Gasteiger partial charge in [0.15, 0.2) is 0 Å². The second-order valence-corrected chi connectivity index (χ2v) is 8.03. The third kappa shape index (κ3) is 12.1. The van der Waals surface area contributed by atoms with E-state index in [0.29, 0.717) is 13.2 Å². The first-order valence-electron chi connectivity index (χ1n) is 8.93. The first kappa shape index (κ1) is 21.9. The number of rotatable bonds is 12. The van der Waals surface area contributed by atoms with Crippen molar-refractivity contribution < 1.29 is 19.1 Å². The van der Waals surface area contributed by atoms with Crippen molar-refractivity contribution in [2.75, 3.05) is 13.2 Å². The van der Waals surface area contributed by atoms with E-state index < -0.39 is 11.9 Å². The molecular formula is C19H36O4. The predicted molar refractivity (Wildman–Crippen MR) is 93.1 cm³/mol. The first-order chi connectivity index (χ1) is 10.6. The quantitative estimate of drug-likeness (QED) is 0.378. The average Bonchev–Trinajstić information content (AvgIpc) is 2.47. The van der Waals surface area contributed by atoms with Gasteiger partial charge in [-0.05, 0) is 23.7 Å². The molecule has 0 aromatic rings. The van der Waals surface area contributed by atoms with Crippen LogP contribution in [-0.2, 0) is 19.1 Å². The number of esters is 2. The smallest absolute Gasteiger partial charge is 0.317 e. The molecule has 0 unspecified atom stereocenters. The maximum Gasteiger partial charge on any atom is 0.317 e. The van der Waals surface area contributed by atoms with Gasteiger partial charge in [0.05, 0.1) is 13.2 Å². The number of unbranched alkanes of at least 4 members (excludes halogenated alkanes) is 2. The number of carbonyl (C=O) groups excluding carboxylic acids is 2. The molecule has 0 aliphatic carbocycles. The van der Waals surface area contributed by atoms with Crippen molar-refractivity contribution in [3.63, 3.8) is 0 Å². The molecule has 0 rings (SSSR count). The maximum absolute atomic E-state index is 11.7. The van der Waals surface area contributed by atoms with Gasteiger partial charge in [0.2, 0.25) is 0 Å². The number of hydrogen-bond donors (Lipinski definition) is 0. The Bertz CT molecular complexity index is 324. The van der Waals surface area contributed by atoms with Crippen molar-refractivity contribution in [2.45, 2.75) is 86.5 Å². The van der Waals surface area contributed by atoms with Gasteiger partial charge in [-0.3, -0.25) is 9.59 Å². The molecule has 0 saturated carbocycles. The highest BCUT2D eigenvalue weighted by Crippen LogP contribution is 2.24. The van der Waals surface area contributed by atoms with E-state index in [1.54, 1.807) is 0 Å². The second-order valence-electron chi connectivity index (χ2n) is 8.03. The van der Waals surface area contributed by atoms with Gasteiger partial charge in [0, 0.05) is 0 Å². The summed E-state index contributed by atoms with van der Waals surface area (Å²) >= 11 is 0. The zero-order valence-electron chi connectivity index (χ0n) is 16.0. The van der Waals surface area contributed by atoms with Crippen LogP contribution in [0.15, 0.2) is 0 Å². The molecular weight excluding hydrogens is 292 g/mol. The van der Waals surface area contributed by atoms with Crippen molar-refractivity contribution in [3.05, 3.63) is 0 Å². The summed E-state index contributed by atoms with van der Waals surface area (Å²) in [6, 6.07) is 0. The summed E-state index contributed by atoms with van der Waals surface area (Å²) in [6.45, 7) is 13.3. The lowest BCUT2D eigenvalue weighted by atomic mass is 9.88. The van der Waals surface area contributed by atoms with Gasteiger partial charge in [0.1, 0.15) is 6.42 Å². The molecule has 0 fully saturated rings. The Kier molecular flexibility index (Phi) is 10.2. The molecule has 0 aliphatic rings. The summed E-state index contributed by atoms with van der Waals surface area (Å²) in [4.78, 5) is 23.5. The standard InChI is InChI=1S/C19H36O4/c1-7-9-11-18(3,4)14-22-16(20)13-17(21)23-15-19(5,6)12-10-8-2/h7-15H2,1-6H3. The van der Waals surface area contributed by atoms with Crippen LogP contribution in [0.1, 0.15) is 86.5 Å². The number of ether oxygens (including phenoxy) is 2. The molecule has 136 valence electrons. The van der Waals surface area contributed by atoms with Crippen molar-refractivity contribution in [2.24, 2.45) is 10.8 Å². The Morgan fingerprint density at radius 1 is 0.739 bits per heavy atom. The first-order valence-corrected chi connectivity index (χ1v) is 8.93. The molecule has 23 heavy (non-hydrogen) atoms. The summed E-state index contributed by atoms with van der Waals surface area (Å²) in [5.74, 6) is -0.989. The van der Waals surface area contributed by atoms with Crippen LogP contribution in [0.25, 0.3) is 0 Å². The molecule has 0 heterocycles. The minimum atomic E-state index is -0.495. The van der Waals surface area contributed by atoms with Crippen LogP contribution in [0.2, 0.25) is 0 Å². The summed E-state index contributed by atoms with van der Waals surface area (Å²) < 4.78 is 10.5. The lowest BCUT2D eigenvalue weighted by molar-refractivity contribution is -0.158. The molecule has 0 aromatic heterocycles. The van der Waals surface area contributed by atoms with E-state index in [2.05, 4.69) is 41.5 Å². The molecule has 0 atom stereocenters. The third-order valence-corrected chi connectivity index (χ3v) is 3.95. The second kappa shape index (κ2) is 10.7. The Morgan fingerprint density at radius 2 is 1.09 bits per heavy atom. The van der Waals surface area contributed by atoms with Crippen LogP contribution in [0.4, 0.5) is 0 Å². The van der Waals surface area contributed by atoms with Gasteiger partial charge in [0.25, 0.3) is 0 Å². The minimum Gasteiger partial charge on any atom is -0.465 e. The van der Waals surface area contributed by atoms with Crippen LogP contribution in [0.5, 0.6) is 0 Å². The maximum atomic E-state index is 11.7. The Hall–Kier alpha value is -1.06. The highest BCUT2D eigenvalue weighted by atomic mass is 16.6. The molecule has 0 bridgehead atoms. The van der Waals surface area contributed by atoms with Crippen molar-refractivity contribution in [1.82, 2.24) is 0 Å². The Labute approximate surface area is 142 Å². The number of hydrogen-bond acceptors (Lipinski definition) is 4. The summed E-state index contributed by atoms with van der Waals surface area (Å²) in [6.07, 6.45) is 6.18. The monoisotopic (exact) mass is 328 g/mol. The summed E-state index contributed by atoms with van der Waals surface area (Å²) in [5, 5.41) is 0. The van der Waals surface area contributed by atoms with Crippen molar-refractivity contribution >= 4 is 11.9 Å². The van der Waals surface area contributed by atoms with Crippen molar-refractivity contribution in [3.8, 4) is 0 Å². The average molecular weight is 328 g/mol. The van der Waals surface area contributed by atoms with Gasteiger partial charge in [-0.25, -0.2) is 0 Å². The van der Waals surface area contributed by atoms with E-state index in [9.17, 15) is 9.59 Å². The van der Waals surface area contributed by atoms with Gasteiger partial charge in [-0.15, -0.1) is 0 Å². The Balaban J connectivity index is 4.04. The van der Waals surface area contributed by atoms with E-state index in [1.165, 1.54) is 0 Å². The molecule has 0 spiro atoms. The zero-order valence-corrected chi connectivity index (χ0v) is 16.0. The lowest BCUT2D eigenvalue weighted by Gasteiger charge is -2.24. The van der Waals surface area contributed by atoms with E-state index in [1.807, 2.05) is 0 Å². The largest absolute Gasteiger partial charge is 0.465 e. The Morgan fingerprint density at radius 3 is 1.39 bits per heavy atom. The highest BCUT2D eigenvalue weighted by Gasteiger charge is 2.23. The minimum absolute atomic E-state index is 0.0439. The molecule has 4 nitrogen and oxygen atoms in total. The highest BCUT2D eigenvalue weighted by molar-refractivity contribution is 5.91. The molecule has 0 amide bonds. The van der Waals surface area contributed by atoms with Gasteiger partial charge < -0.3 is 9.47 Å². The zero-order chi connectivity index (χ0) is 17.9. The normalized spacial score (nSPS) is 12.1. The van der Waals surface area contributed by atoms with Crippen LogP contribution < -0.4 is 0 Å². The lowest BCUT2D eigenvalue weighted by Crippen LogP contribution is -2.25. The molecule has 0 aromatic carbocycles. The van der Waals surface area contributed by atoms with Gasteiger partial charge in [-0.2, -0.15) is 0 Å². The fraction of sp³-hybridized carbons (Fsp3) is 0.895. The fourth-order valence-corrected chi connectivity index (χ4v) is 2.23. The fourth-order valence-electron chi connectivity index (χ4n) is 2.23. The summed E-state index contributed by atoms with van der Waals surface area (Å²) in [7, 11) is 0. The van der Waals surface area contributed by atoms with Crippen LogP contribution in [0, 0.1) is 10.8 Å².